The monoisotopic (exact) mass is 315 g/mol. The van der Waals surface area contributed by atoms with E-state index in [4.69, 9.17) is 0 Å². The van der Waals surface area contributed by atoms with Crippen LogP contribution >= 0.6 is 15.9 Å². The topological polar surface area (TPSA) is 12.0 Å². The molecule has 1 atom stereocenters. The summed E-state index contributed by atoms with van der Waals surface area (Å²) in [6.45, 7) is 8.65. The van der Waals surface area contributed by atoms with E-state index in [1.165, 1.54) is 6.07 Å². The van der Waals surface area contributed by atoms with Gasteiger partial charge >= 0.3 is 0 Å². The SMILES string of the molecule is CCC(CNCC(C)C)Cc1cc(F)cc(Br)c1. The van der Waals surface area contributed by atoms with E-state index in [1.807, 2.05) is 6.07 Å². The van der Waals surface area contributed by atoms with Crippen LogP contribution in [0.4, 0.5) is 4.39 Å². The molecule has 1 nitrogen and oxygen atoms in total. The second-order valence-electron chi connectivity index (χ2n) is 5.31. The van der Waals surface area contributed by atoms with Crippen LogP contribution in [0.3, 0.4) is 0 Å². The van der Waals surface area contributed by atoms with Crippen molar-refractivity contribution in [2.75, 3.05) is 13.1 Å². The molecule has 102 valence electrons. The highest BCUT2D eigenvalue weighted by molar-refractivity contribution is 9.10. The van der Waals surface area contributed by atoms with Crippen LogP contribution in [-0.2, 0) is 6.42 Å². The quantitative estimate of drug-likeness (QED) is 0.786. The number of hydrogen-bond donors (Lipinski definition) is 1. The Hall–Kier alpha value is -0.410. The molecule has 0 bridgehead atoms. The van der Waals surface area contributed by atoms with Gasteiger partial charge in [0.1, 0.15) is 5.82 Å². The van der Waals surface area contributed by atoms with Crippen molar-refractivity contribution >= 4 is 15.9 Å². The predicted octanol–water partition coefficient (Wildman–Crippen LogP) is 4.40. The fourth-order valence-electron chi connectivity index (χ4n) is 2.00. The minimum atomic E-state index is -0.163. The Bertz CT molecular complexity index is 345. The molecule has 3 heteroatoms. The molecule has 1 aromatic rings. The van der Waals surface area contributed by atoms with E-state index in [1.54, 1.807) is 6.07 Å². The van der Waals surface area contributed by atoms with E-state index in [9.17, 15) is 4.39 Å². The first kappa shape index (κ1) is 15.6. The zero-order chi connectivity index (χ0) is 13.5. The van der Waals surface area contributed by atoms with Gasteiger partial charge in [0.25, 0.3) is 0 Å². The maximum Gasteiger partial charge on any atom is 0.124 e. The van der Waals surface area contributed by atoms with Crippen molar-refractivity contribution in [2.24, 2.45) is 11.8 Å². The summed E-state index contributed by atoms with van der Waals surface area (Å²) in [5.74, 6) is 1.08. The Labute approximate surface area is 118 Å². The van der Waals surface area contributed by atoms with Gasteiger partial charge in [0.05, 0.1) is 0 Å². The first-order chi connectivity index (χ1) is 8.51. The van der Waals surface area contributed by atoms with Crippen molar-refractivity contribution in [3.8, 4) is 0 Å². The van der Waals surface area contributed by atoms with Crippen LogP contribution in [-0.4, -0.2) is 13.1 Å². The largest absolute Gasteiger partial charge is 0.316 e. The molecule has 0 fully saturated rings. The summed E-state index contributed by atoms with van der Waals surface area (Å²) in [6, 6.07) is 5.14. The second-order valence-corrected chi connectivity index (χ2v) is 6.22. The van der Waals surface area contributed by atoms with Crippen molar-refractivity contribution < 1.29 is 4.39 Å². The van der Waals surface area contributed by atoms with Gasteiger partial charge in [0.15, 0.2) is 0 Å². The van der Waals surface area contributed by atoms with Gasteiger partial charge < -0.3 is 5.32 Å². The first-order valence-electron chi connectivity index (χ1n) is 6.67. The first-order valence-corrected chi connectivity index (χ1v) is 7.46. The van der Waals surface area contributed by atoms with Gasteiger partial charge in [-0.1, -0.05) is 43.1 Å². The third-order valence-corrected chi connectivity index (χ3v) is 3.47. The molecule has 1 N–H and O–H groups in total. The minimum absolute atomic E-state index is 0.163. The third-order valence-electron chi connectivity index (χ3n) is 3.01. The summed E-state index contributed by atoms with van der Waals surface area (Å²) in [4.78, 5) is 0. The van der Waals surface area contributed by atoms with Crippen LogP contribution in [0.25, 0.3) is 0 Å². The van der Waals surface area contributed by atoms with Gasteiger partial charge in [-0.05, 0) is 55.1 Å². The van der Waals surface area contributed by atoms with E-state index >= 15 is 0 Å². The number of hydrogen-bond acceptors (Lipinski definition) is 1. The van der Waals surface area contributed by atoms with Crippen LogP contribution in [0.1, 0.15) is 32.8 Å². The summed E-state index contributed by atoms with van der Waals surface area (Å²) in [5, 5.41) is 3.48. The number of rotatable bonds is 7. The molecule has 0 aliphatic carbocycles. The maximum absolute atomic E-state index is 13.3. The standard InChI is InChI=1S/C15H23BrFN/c1-4-12(10-18-9-11(2)3)5-13-6-14(16)8-15(17)7-13/h6-8,11-12,18H,4-5,9-10H2,1-3H3. The molecule has 0 heterocycles. The molecule has 0 aliphatic heterocycles. The Morgan fingerprint density at radius 3 is 2.50 bits per heavy atom. The lowest BCUT2D eigenvalue weighted by Gasteiger charge is -2.17. The predicted molar refractivity (Wildman–Crippen MR) is 79.3 cm³/mol. The van der Waals surface area contributed by atoms with Crippen LogP contribution < -0.4 is 5.32 Å². The number of nitrogens with one attached hydrogen (secondary N) is 1. The average Bonchev–Trinajstić information content (AvgIpc) is 2.25. The highest BCUT2D eigenvalue weighted by atomic mass is 79.9. The second kappa shape index (κ2) is 7.90. The molecule has 0 saturated carbocycles. The highest BCUT2D eigenvalue weighted by Gasteiger charge is 2.09. The van der Waals surface area contributed by atoms with Gasteiger partial charge in [-0.2, -0.15) is 0 Å². The van der Waals surface area contributed by atoms with Crippen LogP contribution in [0.2, 0.25) is 0 Å². The summed E-state index contributed by atoms with van der Waals surface area (Å²) < 4.78 is 14.1. The fraction of sp³-hybridized carbons (Fsp3) is 0.600. The molecule has 18 heavy (non-hydrogen) atoms. The summed E-state index contributed by atoms with van der Waals surface area (Å²) in [7, 11) is 0. The number of benzene rings is 1. The van der Waals surface area contributed by atoms with Gasteiger partial charge in [-0.15, -0.1) is 0 Å². The van der Waals surface area contributed by atoms with E-state index in [2.05, 4.69) is 42.0 Å². The molecular formula is C15H23BrFN. The van der Waals surface area contributed by atoms with Crippen LogP contribution in [0, 0.1) is 17.7 Å². The molecule has 0 spiro atoms. The van der Waals surface area contributed by atoms with Crippen molar-refractivity contribution in [3.63, 3.8) is 0 Å². The molecule has 1 aromatic carbocycles. The summed E-state index contributed by atoms with van der Waals surface area (Å²) >= 11 is 3.34. The lowest BCUT2D eigenvalue weighted by atomic mass is 9.96. The Morgan fingerprint density at radius 1 is 1.22 bits per heavy atom. The smallest absolute Gasteiger partial charge is 0.124 e. The molecule has 0 saturated heterocycles. The highest BCUT2D eigenvalue weighted by Crippen LogP contribution is 2.18. The molecule has 0 aromatic heterocycles. The molecule has 1 unspecified atom stereocenters. The van der Waals surface area contributed by atoms with Crippen molar-refractivity contribution in [1.82, 2.24) is 5.32 Å². The zero-order valence-electron chi connectivity index (χ0n) is 11.5. The minimum Gasteiger partial charge on any atom is -0.316 e. The summed E-state index contributed by atoms with van der Waals surface area (Å²) in [5.41, 5.74) is 1.07. The van der Waals surface area contributed by atoms with E-state index in [0.29, 0.717) is 11.8 Å². The Morgan fingerprint density at radius 2 is 1.94 bits per heavy atom. The molecule has 0 amide bonds. The van der Waals surface area contributed by atoms with E-state index in [0.717, 1.165) is 36.0 Å². The van der Waals surface area contributed by atoms with Gasteiger partial charge in [0, 0.05) is 4.47 Å². The lowest BCUT2D eigenvalue weighted by Crippen LogP contribution is -2.27. The molecule has 1 rings (SSSR count). The van der Waals surface area contributed by atoms with E-state index < -0.39 is 0 Å². The van der Waals surface area contributed by atoms with Gasteiger partial charge in [0.2, 0.25) is 0 Å². The zero-order valence-corrected chi connectivity index (χ0v) is 13.1. The molecule has 0 radical (unpaired) electrons. The fourth-order valence-corrected chi connectivity index (χ4v) is 2.51. The normalized spacial score (nSPS) is 13.0. The van der Waals surface area contributed by atoms with Crippen molar-refractivity contribution in [1.29, 1.82) is 0 Å². The van der Waals surface area contributed by atoms with Crippen molar-refractivity contribution in [3.05, 3.63) is 34.1 Å². The lowest BCUT2D eigenvalue weighted by molar-refractivity contribution is 0.437. The molecular weight excluding hydrogens is 293 g/mol. The Kier molecular flexibility index (Phi) is 6.87. The maximum atomic E-state index is 13.3. The summed E-state index contributed by atoms with van der Waals surface area (Å²) in [6.07, 6.45) is 2.04. The van der Waals surface area contributed by atoms with E-state index in [-0.39, 0.29) is 5.82 Å². The Balaban J connectivity index is 2.51. The number of halogens is 2. The molecule has 0 aliphatic rings. The van der Waals surface area contributed by atoms with Crippen LogP contribution in [0.15, 0.2) is 22.7 Å². The third kappa shape index (κ3) is 5.96. The van der Waals surface area contributed by atoms with Gasteiger partial charge in [-0.25, -0.2) is 4.39 Å². The average molecular weight is 316 g/mol. The van der Waals surface area contributed by atoms with Crippen molar-refractivity contribution in [2.45, 2.75) is 33.6 Å². The van der Waals surface area contributed by atoms with Crippen LogP contribution in [0.5, 0.6) is 0 Å². The van der Waals surface area contributed by atoms with Gasteiger partial charge in [-0.3, -0.25) is 0 Å².